The van der Waals surface area contributed by atoms with Gasteiger partial charge in [0, 0.05) is 23.4 Å². The topological polar surface area (TPSA) is 51.2 Å². The lowest BCUT2D eigenvalue weighted by Crippen LogP contribution is -2.30. The van der Waals surface area contributed by atoms with E-state index in [9.17, 15) is 4.79 Å². The van der Waals surface area contributed by atoms with Gasteiger partial charge in [-0.05, 0) is 24.1 Å². The number of nitrogens with zero attached hydrogens (tertiary/aromatic N) is 1. The van der Waals surface area contributed by atoms with E-state index >= 15 is 0 Å². The summed E-state index contributed by atoms with van der Waals surface area (Å²) < 4.78 is 5.38. The van der Waals surface area contributed by atoms with Gasteiger partial charge in [0.05, 0.1) is 15.7 Å². The van der Waals surface area contributed by atoms with Crippen molar-refractivity contribution in [1.82, 2.24) is 10.3 Å². The molecule has 1 heterocycles. The lowest BCUT2D eigenvalue weighted by atomic mass is 10.2. The lowest BCUT2D eigenvalue weighted by Gasteiger charge is -2.08. The molecule has 1 aromatic carbocycles. The number of benzene rings is 1. The average molecular weight is 373 g/mol. The minimum atomic E-state index is -0.198. The van der Waals surface area contributed by atoms with Gasteiger partial charge < -0.3 is 10.1 Å². The highest BCUT2D eigenvalue weighted by Crippen LogP contribution is 2.27. The van der Waals surface area contributed by atoms with E-state index < -0.39 is 0 Å². The number of amides is 1. The Morgan fingerprint density at radius 2 is 2.17 bits per heavy atom. The fourth-order valence-electron chi connectivity index (χ4n) is 1.80. The van der Waals surface area contributed by atoms with Crippen LogP contribution in [0.4, 0.5) is 0 Å². The Labute approximate surface area is 149 Å². The van der Waals surface area contributed by atoms with Crippen LogP contribution in [0.2, 0.25) is 10.0 Å². The van der Waals surface area contributed by atoms with Gasteiger partial charge in [-0.1, -0.05) is 37.0 Å². The summed E-state index contributed by atoms with van der Waals surface area (Å²) in [4.78, 5) is 16.3. The highest BCUT2D eigenvalue weighted by molar-refractivity contribution is 7.09. The highest BCUT2D eigenvalue weighted by Gasteiger charge is 2.08. The smallest absolute Gasteiger partial charge is 0.257 e. The summed E-state index contributed by atoms with van der Waals surface area (Å²) in [6, 6.07) is 4.88. The summed E-state index contributed by atoms with van der Waals surface area (Å²) in [5, 5.41) is 6.80. The van der Waals surface area contributed by atoms with E-state index in [-0.39, 0.29) is 12.5 Å². The quantitative estimate of drug-likeness (QED) is 0.787. The molecule has 23 heavy (non-hydrogen) atoms. The molecule has 0 fully saturated rings. The fourth-order valence-corrected chi connectivity index (χ4v) is 3.22. The maximum absolute atomic E-state index is 11.8. The van der Waals surface area contributed by atoms with Crippen molar-refractivity contribution in [3.8, 4) is 5.75 Å². The van der Waals surface area contributed by atoms with Gasteiger partial charge in [0.25, 0.3) is 5.91 Å². The standard InChI is InChI=1S/C16H18Cl2N2O2S/c1-10(2)13-9-23-16(20-13)5-6-19-15(21)8-22-14-4-3-11(17)7-12(14)18/h3-4,7,9-10H,5-6,8H2,1-2H3,(H,19,21). The van der Waals surface area contributed by atoms with Crippen molar-refractivity contribution in [2.24, 2.45) is 0 Å². The molecule has 7 heteroatoms. The number of halogens is 2. The van der Waals surface area contributed by atoms with Gasteiger partial charge in [-0.15, -0.1) is 11.3 Å². The molecule has 124 valence electrons. The minimum Gasteiger partial charge on any atom is -0.482 e. The first-order chi connectivity index (χ1) is 11.0. The summed E-state index contributed by atoms with van der Waals surface area (Å²) >= 11 is 13.4. The molecule has 1 aromatic heterocycles. The Kier molecular flexibility index (Phi) is 6.69. The van der Waals surface area contributed by atoms with Crippen molar-refractivity contribution in [3.63, 3.8) is 0 Å². The molecule has 2 aromatic rings. The number of hydrogen-bond donors (Lipinski definition) is 1. The molecule has 0 aliphatic carbocycles. The normalized spacial score (nSPS) is 10.8. The SMILES string of the molecule is CC(C)c1csc(CCNC(=O)COc2ccc(Cl)cc2Cl)n1. The predicted molar refractivity (Wildman–Crippen MR) is 94.9 cm³/mol. The van der Waals surface area contributed by atoms with Crippen molar-refractivity contribution >= 4 is 40.4 Å². The molecule has 1 N–H and O–H groups in total. The van der Waals surface area contributed by atoms with Crippen molar-refractivity contribution in [2.45, 2.75) is 26.2 Å². The van der Waals surface area contributed by atoms with Gasteiger partial charge >= 0.3 is 0 Å². The number of carbonyl (C=O) groups excluding carboxylic acids is 1. The van der Waals surface area contributed by atoms with E-state index in [1.54, 1.807) is 29.5 Å². The zero-order valence-corrected chi connectivity index (χ0v) is 15.3. The number of aromatic nitrogens is 1. The highest BCUT2D eigenvalue weighted by atomic mass is 35.5. The number of rotatable bonds is 7. The largest absolute Gasteiger partial charge is 0.482 e. The van der Waals surface area contributed by atoms with E-state index in [1.807, 2.05) is 0 Å². The third-order valence-corrected chi connectivity index (χ3v) is 4.53. The molecule has 2 rings (SSSR count). The van der Waals surface area contributed by atoms with Crippen LogP contribution in [0.1, 0.15) is 30.5 Å². The number of ether oxygens (including phenoxy) is 1. The first-order valence-electron chi connectivity index (χ1n) is 7.24. The van der Waals surface area contributed by atoms with Crippen LogP contribution >= 0.6 is 34.5 Å². The number of carbonyl (C=O) groups is 1. The summed E-state index contributed by atoms with van der Waals surface area (Å²) in [6.07, 6.45) is 0.713. The van der Waals surface area contributed by atoms with E-state index in [0.717, 1.165) is 10.7 Å². The Hall–Kier alpha value is -1.30. The zero-order valence-electron chi connectivity index (χ0n) is 12.9. The molecular formula is C16H18Cl2N2O2S. The summed E-state index contributed by atoms with van der Waals surface area (Å²) in [5.41, 5.74) is 1.09. The molecule has 0 radical (unpaired) electrons. The fraction of sp³-hybridized carbons (Fsp3) is 0.375. The molecule has 0 spiro atoms. The maximum Gasteiger partial charge on any atom is 0.257 e. The lowest BCUT2D eigenvalue weighted by molar-refractivity contribution is -0.123. The van der Waals surface area contributed by atoms with Crippen LogP contribution < -0.4 is 10.1 Å². The molecule has 4 nitrogen and oxygen atoms in total. The van der Waals surface area contributed by atoms with Gasteiger partial charge in [-0.2, -0.15) is 0 Å². The Morgan fingerprint density at radius 1 is 1.39 bits per heavy atom. The molecule has 0 saturated carbocycles. The van der Waals surface area contributed by atoms with E-state index in [1.165, 1.54) is 0 Å². The number of hydrogen-bond acceptors (Lipinski definition) is 4. The number of nitrogens with one attached hydrogen (secondary N) is 1. The van der Waals surface area contributed by atoms with Gasteiger partial charge in [0.2, 0.25) is 0 Å². The van der Waals surface area contributed by atoms with E-state index in [2.05, 4.69) is 29.5 Å². The van der Waals surface area contributed by atoms with Crippen LogP contribution in [-0.4, -0.2) is 24.0 Å². The van der Waals surface area contributed by atoms with Crippen LogP contribution in [0, 0.1) is 0 Å². The summed E-state index contributed by atoms with van der Waals surface area (Å²) in [5.74, 6) is 0.663. The second-order valence-electron chi connectivity index (χ2n) is 5.28. The second-order valence-corrected chi connectivity index (χ2v) is 7.07. The van der Waals surface area contributed by atoms with Gasteiger partial charge in [0.15, 0.2) is 6.61 Å². The van der Waals surface area contributed by atoms with Gasteiger partial charge in [0.1, 0.15) is 5.75 Å². The third kappa shape index (κ3) is 5.68. The van der Waals surface area contributed by atoms with Crippen LogP contribution in [-0.2, 0) is 11.2 Å². The van der Waals surface area contributed by atoms with Crippen molar-refractivity contribution in [2.75, 3.05) is 13.2 Å². The van der Waals surface area contributed by atoms with Crippen molar-refractivity contribution in [3.05, 3.63) is 44.3 Å². The van der Waals surface area contributed by atoms with E-state index in [4.69, 9.17) is 27.9 Å². The Morgan fingerprint density at radius 3 is 2.83 bits per heavy atom. The van der Waals surface area contributed by atoms with Gasteiger partial charge in [-0.3, -0.25) is 4.79 Å². The van der Waals surface area contributed by atoms with Crippen LogP contribution in [0.25, 0.3) is 0 Å². The molecule has 1 amide bonds. The average Bonchev–Trinajstić information content (AvgIpc) is 2.95. The first kappa shape index (κ1) is 18.0. The first-order valence-corrected chi connectivity index (χ1v) is 8.88. The summed E-state index contributed by atoms with van der Waals surface area (Å²) in [7, 11) is 0. The second kappa shape index (κ2) is 8.52. The number of thiazole rings is 1. The molecule has 0 bridgehead atoms. The molecule has 0 saturated heterocycles. The van der Waals surface area contributed by atoms with Crippen LogP contribution in [0.15, 0.2) is 23.6 Å². The molecular weight excluding hydrogens is 355 g/mol. The minimum absolute atomic E-state index is 0.0868. The van der Waals surface area contributed by atoms with Crippen molar-refractivity contribution in [1.29, 1.82) is 0 Å². The predicted octanol–water partition coefficient (Wildman–Crippen LogP) is 4.31. The summed E-state index contributed by atoms with van der Waals surface area (Å²) in [6.45, 7) is 4.66. The Balaban J connectivity index is 1.72. The van der Waals surface area contributed by atoms with Gasteiger partial charge in [-0.25, -0.2) is 4.98 Å². The molecule has 0 aliphatic heterocycles. The molecule has 0 unspecified atom stereocenters. The van der Waals surface area contributed by atoms with E-state index in [0.29, 0.717) is 34.7 Å². The van der Waals surface area contributed by atoms with Crippen molar-refractivity contribution < 1.29 is 9.53 Å². The molecule has 0 atom stereocenters. The monoisotopic (exact) mass is 372 g/mol. The van der Waals surface area contributed by atoms with Crippen LogP contribution in [0.5, 0.6) is 5.75 Å². The molecule has 0 aliphatic rings. The maximum atomic E-state index is 11.8. The third-order valence-electron chi connectivity index (χ3n) is 3.07. The Bertz CT molecular complexity index is 674. The van der Waals surface area contributed by atoms with Crippen LogP contribution in [0.3, 0.4) is 0 Å². The zero-order chi connectivity index (χ0) is 16.8.